The number of halogens is 5. The van der Waals surface area contributed by atoms with Crippen LogP contribution in [-0.4, -0.2) is 54.9 Å². The minimum Gasteiger partial charge on any atom is -0.508 e. The number of unbranched alkanes of at least 4 members (excludes halogenated alkanes) is 2. The van der Waals surface area contributed by atoms with Gasteiger partial charge in [-0.15, -0.1) is 0 Å². The molecule has 2 aromatic carbocycles. The Kier molecular flexibility index (Phi) is 8.78. The second kappa shape index (κ2) is 11.7. The van der Waals surface area contributed by atoms with Crippen LogP contribution in [0.1, 0.15) is 75.8 Å². The van der Waals surface area contributed by atoms with Crippen LogP contribution in [-0.2, 0) is 25.8 Å². The summed E-state index contributed by atoms with van der Waals surface area (Å²) in [5, 5.41) is 20.8. The molecule has 1 aliphatic heterocycles. The summed E-state index contributed by atoms with van der Waals surface area (Å²) in [5.74, 6) is -4.75. The molecule has 0 spiro atoms. The van der Waals surface area contributed by atoms with Crippen LogP contribution in [0.4, 0.5) is 22.0 Å². The molecule has 1 heterocycles. The fraction of sp³-hybridized carbons (Fsp3) is 0.625. The van der Waals surface area contributed by atoms with Gasteiger partial charge in [0.05, 0.1) is 24.2 Å². The molecule has 44 heavy (non-hydrogen) atoms. The van der Waals surface area contributed by atoms with E-state index in [2.05, 4.69) is 6.92 Å². The van der Waals surface area contributed by atoms with Gasteiger partial charge in [-0.05, 0) is 98.1 Å². The smallest absolute Gasteiger partial charge is 0.453 e. The topological polar surface area (TPSA) is 96.4 Å². The fourth-order valence-electron chi connectivity index (χ4n) is 7.33. The Labute approximate surface area is 254 Å². The van der Waals surface area contributed by atoms with E-state index in [1.165, 1.54) is 0 Å². The zero-order chi connectivity index (χ0) is 32.0. The van der Waals surface area contributed by atoms with E-state index in [-0.39, 0.29) is 23.3 Å². The highest BCUT2D eigenvalue weighted by molar-refractivity contribution is 7.91. The third-order valence-electron chi connectivity index (χ3n) is 9.99. The molecule has 2 aromatic rings. The van der Waals surface area contributed by atoms with Gasteiger partial charge in [-0.1, -0.05) is 31.2 Å². The van der Waals surface area contributed by atoms with Gasteiger partial charge in [0.15, 0.2) is 0 Å². The van der Waals surface area contributed by atoms with Crippen LogP contribution >= 0.6 is 0 Å². The van der Waals surface area contributed by atoms with Crippen molar-refractivity contribution >= 4 is 9.84 Å². The lowest BCUT2D eigenvalue weighted by Crippen LogP contribution is -2.44. The zero-order valence-corrected chi connectivity index (χ0v) is 25.4. The SMILES string of the molecule is C[C@]12C[C@@]3(c4ccc(OCCCCCS(=O)(=O)CCCC(F)(F)C(F)(F)F)cc4)O[C@@]3(c3ccc(O)cc3)C[C@@H]1CC[C@@H]2O. The highest BCUT2D eigenvalue weighted by atomic mass is 32.2. The number of aliphatic hydroxyl groups excluding tert-OH is 1. The molecule has 2 saturated carbocycles. The number of benzene rings is 2. The van der Waals surface area contributed by atoms with Gasteiger partial charge in [0.25, 0.3) is 0 Å². The number of phenolic OH excluding ortho intramolecular Hbond substituents is 1. The summed E-state index contributed by atoms with van der Waals surface area (Å²) in [6, 6.07) is 14.8. The van der Waals surface area contributed by atoms with Crippen LogP contribution in [0.3, 0.4) is 0 Å². The number of phenols is 1. The molecule has 12 heteroatoms. The van der Waals surface area contributed by atoms with E-state index >= 15 is 0 Å². The molecular weight excluding hydrogens is 607 g/mol. The first-order chi connectivity index (χ1) is 20.5. The number of aromatic hydroxyl groups is 1. The van der Waals surface area contributed by atoms with Gasteiger partial charge >= 0.3 is 12.1 Å². The average molecular weight is 647 g/mol. The molecule has 2 N–H and O–H groups in total. The van der Waals surface area contributed by atoms with Crippen molar-refractivity contribution in [2.75, 3.05) is 18.1 Å². The van der Waals surface area contributed by atoms with Gasteiger partial charge in [0.2, 0.25) is 0 Å². The maximum atomic E-state index is 13.0. The summed E-state index contributed by atoms with van der Waals surface area (Å²) in [6.45, 7) is 2.47. The second-order valence-electron chi connectivity index (χ2n) is 12.9. The molecule has 0 radical (unpaired) electrons. The quantitative estimate of drug-likeness (QED) is 0.138. The van der Waals surface area contributed by atoms with Crippen molar-refractivity contribution in [3.8, 4) is 11.5 Å². The van der Waals surface area contributed by atoms with Crippen molar-refractivity contribution in [1.82, 2.24) is 0 Å². The molecule has 244 valence electrons. The van der Waals surface area contributed by atoms with Gasteiger partial charge in [0, 0.05) is 6.42 Å². The van der Waals surface area contributed by atoms with Crippen molar-refractivity contribution in [2.24, 2.45) is 11.3 Å². The number of epoxide rings is 1. The molecule has 5 rings (SSSR count). The fourth-order valence-corrected chi connectivity index (χ4v) is 8.76. The van der Waals surface area contributed by atoms with Crippen molar-refractivity contribution in [2.45, 2.75) is 94.1 Å². The Bertz CT molecular complexity index is 1410. The third kappa shape index (κ3) is 6.18. The first-order valence-electron chi connectivity index (χ1n) is 15.1. The third-order valence-corrected chi connectivity index (χ3v) is 11.8. The predicted octanol–water partition coefficient (Wildman–Crippen LogP) is 7.03. The molecule has 0 bridgehead atoms. The van der Waals surface area contributed by atoms with Crippen molar-refractivity contribution in [3.05, 3.63) is 59.7 Å². The van der Waals surface area contributed by atoms with Crippen LogP contribution in [0.15, 0.2) is 48.5 Å². The molecule has 3 fully saturated rings. The van der Waals surface area contributed by atoms with Crippen LogP contribution in [0, 0.1) is 11.3 Å². The predicted molar refractivity (Wildman–Crippen MR) is 153 cm³/mol. The maximum absolute atomic E-state index is 13.0. The van der Waals surface area contributed by atoms with E-state index in [9.17, 15) is 40.6 Å². The van der Waals surface area contributed by atoms with Crippen molar-refractivity contribution in [1.29, 1.82) is 0 Å². The number of rotatable bonds is 13. The van der Waals surface area contributed by atoms with Crippen LogP contribution in [0.2, 0.25) is 0 Å². The summed E-state index contributed by atoms with van der Waals surface area (Å²) in [6.07, 6.45) is -3.95. The Hall–Kier alpha value is -2.44. The van der Waals surface area contributed by atoms with Crippen LogP contribution in [0.25, 0.3) is 0 Å². The summed E-state index contributed by atoms with van der Waals surface area (Å²) in [4.78, 5) is 0. The number of alkyl halides is 5. The molecule has 6 nitrogen and oxygen atoms in total. The van der Waals surface area contributed by atoms with E-state index in [1.54, 1.807) is 12.1 Å². The van der Waals surface area contributed by atoms with E-state index < -0.39 is 57.8 Å². The van der Waals surface area contributed by atoms with Gasteiger partial charge in [-0.25, -0.2) is 8.42 Å². The lowest BCUT2D eigenvalue weighted by atomic mass is 9.58. The van der Waals surface area contributed by atoms with Gasteiger partial charge < -0.3 is 19.7 Å². The number of hydrogen-bond acceptors (Lipinski definition) is 6. The van der Waals surface area contributed by atoms with Crippen LogP contribution < -0.4 is 4.74 Å². The van der Waals surface area contributed by atoms with Crippen LogP contribution in [0.5, 0.6) is 11.5 Å². The minimum absolute atomic E-state index is 0.184. The van der Waals surface area contributed by atoms with Crippen molar-refractivity contribution in [3.63, 3.8) is 0 Å². The summed E-state index contributed by atoms with van der Waals surface area (Å²) in [5.41, 5.74) is 0.549. The first kappa shape index (κ1) is 32.9. The molecule has 0 amide bonds. The van der Waals surface area contributed by atoms with E-state index in [0.717, 1.165) is 30.4 Å². The molecule has 3 aliphatic rings. The largest absolute Gasteiger partial charge is 0.508 e. The molecule has 2 aliphatic carbocycles. The number of fused-ring (bicyclic) bond motifs is 2. The highest BCUT2D eigenvalue weighted by Crippen LogP contribution is 2.75. The number of hydrogen-bond donors (Lipinski definition) is 2. The Morgan fingerprint density at radius 3 is 2.16 bits per heavy atom. The van der Waals surface area contributed by atoms with Gasteiger partial charge in [0.1, 0.15) is 32.5 Å². The Morgan fingerprint density at radius 2 is 1.50 bits per heavy atom. The number of ether oxygens (including phenoxy) is 2. The maximum Gasteiger partial charge on any atom is 0.453 e. The monoisotopic (exact) mass is 646 g/mol. The normalized spacial score (nSPS) is 30.1. The molecule has 0 aromatic heterocycles. The first-order valence-corrected chi connectivity index (χ1v) is 16.9. The summed E-state index contributed by atoms with van der Waals surface area (Å²) >= 11 is 0. The van der Waals surface area contributed by atoms with E-state index in [0.29, 0.717) is 37.5 Å². The van der Waals surface area contributed by atoms with Gasteiger partial charge in [-0.2, -0.15) is 22.0 Å². The Balaban J connectivity index is 1.13. The summed E-state index contributed by atoms with van der Waals surface area (Å²) in [7, 11) is -3.73. The number of sulfone groups is 1. The molecule has 1 saturated heterocycles. The van der Waals surface area contributed by atoms with Crippen molar-refractivity contribution < 1.29 is 50.1 Å². The minimum atomic E-state index is -5.68. The van der Waals surface area contributed by atoms with E-state index in [1.807, 2.05) is 36.4 Å². The lowest BCUT2D eigenvalue weighted by molar-refractivity contribution is -0.284. The Morgan fingerprint density at radius 1 is 0.886 bits per heavy atom. The van der Waals surface area contributed by atoms with Gasteiger partial charge in [-0.3, -0.25) is 0 Å². The lowest BCUT2D eigenvalue weighted by Gasteiger charge is -2.43. The molecule has 0 unspecified atom stereocenters. The van der Waals surface area contributed by atoms with E-state index in [4.69, 9.17) is 9.47 Å². The summed E-state index contributed by atoms with van der Waals surface area (Å²) < 4.78 is 99.4. The molecule has 5 atom stereocenters. The number of aliphatic hydroxyl groups is 1. The highest BCUT2D eigenvalue weighted by Gasteiger charge is 2.78. The average Bonchev–Trinajstić information content (AvgIpc) is 3.53. The molecular formula is C32H39F5O6S. The standard InChI is InChI=1S/C32H39F5O6S/c1-28-21-30(29(43-30,20-24(28)10-15-27(28)39)22-6-11-25(38)12-7-22)23-8-13-26(14-9-23)42-17-3-2-4-18-44(40,41)19-5-16-31(33,34)32(35,36)37/h6-9,11-14,24,27,38-39H,2-5,10,15-21H2,1H3/t24-,27-,28-,29+,30-/m0/s1. The second-order valence-corrected chi connectivity index (χ2v) is 15.2. The zero-order valence-electron chi connectivity index (χ0n) is 24.6.